The lowest BCUT2D eigenvalue weighted by atomic mass is 9.48. The number of rotatable bonds is 3. The Kier molecular flexibility index (Phi) is 4.83. The first-order valence-corrected chi connectivity index (χ1v) is 11.6. The summed E-state index contributed by atoms with van der Waals surface area (Å²) in [5.74, 6) is -0.256. The maximum absolute atomic E-state index is 13.0. The molecule has 0 saturated heterocycles. The Morgan fingerprint density at radius 3 is 2.24 bits per heavy atom. The number of benzene rings is 1. The summed E-state index contributed by atoms with van der Waals surface area (Å²) in [5, 5.41) is 9.83. The number of ether oxygens (including phenoxy) is 1. The lowest BCUT2D eigenvalue weighted by Crippen LogP contribution is -2.59. The van der Waals surface area contributed by atoms with Crippen LogP contribution in [0, 0.1) is 28.0 Å². The highest BCUT2D eigenvalue weighted by atomic mass is 127. The van der Waals surface area contributed by atoms with Crippen LogP contribution in [0.4, 0.5) is 0 Å². The van der Waals surface area contributed by atoms with Crippen LogP contribution in [0.1, 0.15) is 48.9 Å². The number of carbonyl (C=O) groups excluding carboxylic acids is 1. The van der Waals surface area contributed by atoms with Crippen LogP contribution >= 0.6 is 67.8 Å². The summed E-state index contributed by atoms with van der Waals surface area (Å²) in [4.78, 5) is 25.0. The second-order valence-electron chi connectivity index (χ2n) is 7.84. The zero-order valence-corrected chi connectivity index (χ0v) is 19.8. The van der Waals surface area contributed by atoms with Gasteiger partial charge in [0.25, 0.3) is 0 Å². The van der Waals surface area contributed by atoms with Crippen LogP contribution in [-0.2, 0) is 9.53 Å². The fourth-order valence-corrected chi connectivity index (χ4v) is 7.84. The lowest BCUT2D eigenvalue weighted by molar-refractivity contribution is -0.192. The van der Waals surface area contributed by atoms with Crippen LogP contribution in [0.2, 0.25) is 0 Å². The summed E-state index contributed by atoms with van der Waals surface area (Å²) in [6, 6.07) is 3.92. The van der Waals surface area contributed by atoms with Crippen molar-refractivity contribution in [2.45, 2.75) is 44.1 Å². The molecule has 134 valence electrons. The number of carboxylic acids is 1. The molecule has 4 fully saturated rings. The maximum Gasteiger partial charge on any atom is 0.340 e. The van der Waals surface area contributed by atoms with E-state index in [-0.39, 0.29) is 5.97 Å². The van der Waals surface area contributed by atoms with Gasteiger partial charge in [-0.3, -0.25) is 4.79 Å². The average Bonchev–Trinajstić information content (AvgIpc) is 2.49. The molecule has 0 aliphatic heterocycles. The third-order valence-electron chi connectivity index (χ3n) is 6.02. The maximum atomic E-state index is 13.0. The monoisotopic (exact) mass is 678 g/mol. The molecule has 0 heterocycles. The van der Waals surface area contributed by atoms with Gasteiger partial charge in [-0.15, -0.1) is 0 Å². The van der Waals surface area contributed by atoms with Gasteiger partial charge in [-0.25, -0.2) is 4.79 Å². The standard InChI is InChI=1S/C18H17I3O4/c19-11-1-2-12(20)14(21)13(11)15(22)25-18-6-9-3-10(7-18)5-17(4-9,8-18)16(23)24/h1-2,9-10H,3-8H2,(H,23,24). The normalized spacial score (nSPS) is 35.6. The minimum atomic E-state index is -0.708. The molecule has 0 amide bonds. The molecule has 4 aliphatic rings. The van der Waals surface area contributed by atoms with Gasteiger partial charge < -0.3 is 9.84 Å². The highest BCUT2D eigenvalue weighted by Gasteiger charge is 2.62. The van der Waals surface area contributed by atoms with Crippen molar-refractivity contribution in [3.05, 3.63) is 28.4 Å². The molecular formula is C18H17I3O4. The summed E-state index contributed by atoms with van der Waals surface area (Å²) in [6.07, 6.45) is 4.70. The summed E-state index contributed by atoms with van der Waals surface area (Å²) < 4.78 is 8.93. The van der Waals surface area contributed by atoms with Crippen LogP contribution in [0.3, 0.4) is 0 Å². The zero-order chi connectivity index (χ0) is 18.0. The second-order valence-corrected chi connectivity index (χ2v) is 11.2. The molecule has 7 heteroatoms. The van der Waals surface area contributed by atoms with Crippen LogP contribution in [0.15, 0.2) is 12.1 Å². The van der Waals surface area contributed by atoms with Gasteiger partial charge in [0.2, 0.25) is 0 Å². The average molecular weight is 678 g/mol. The Morgan fingerprint density at radius 2 is 1.64 bits per heavy atom. The number of aliphatic carboxylic acids is 1. The van der Waals surface area contributed by atoms with E-state index in [0.717, 1.165) is 42.8 Å². The molecule has 1 aromatic rings. The SMILES string of the molecule is O=C(OC12CC3CC(C1)CC(C(=O)O)(C3)C2)c1c(I)ccc(I)c1I. The minimum absolute atomic E-state index is 0.296. The van der Waals surface area contributed by atoms with Gasteiger partial charge in [-0.2, -0.15) is 0 Å². The van der Waals surface area contributed by atoms with E-state index in [0.29, 0.717) is 23.8 Å². The lowest BCUT2D eigenvalue weighted by Gasteiger charge is -2.59. The quantitative estimate of drug-likeness (QED) is 0.276. The molecule has 25 heavy (non-hydrogen) atoms. The van der Waals surface area contributed by atoms with E-state index >= 15 is 0 Å². The third kappa shape index (κ3) is 3.13. The van der Waals surface area contributed by atoms with Crippen LogP contribution in [-0.4, -0.2) is 22.6 Å². The number of hydrogen-bond donors (Lipinski definition) is 1. The highest BCUT2D eigenvalue weighted by Crippen LogP contribution is 2.63. The Bertz CT molecular complexity index is 762. The summed E-state index contributed by atoms with van der Waals surface area (Å²) in [5.41, 5.74) is -0.656. The fourth-order valence-electron chi connectivity index (χ4n) is 5.51. The fraction of sp³-hybridized carbons (Fsp3) is 0.556. The molecule has 1 aromatic carbocycles. The smallest absolute Gasteiger partial charge is 0.340 e. The zero-order valence-electron chi connectivity index (χ0n) is 13.4. The number of esters is 1. The van der Waals surface area contributed by atoms with E-state index in [1.807, 2.05) is 12.1 Å². The van der Waals surface area contributed by atoms with E-state index in [1.54, 1.807) is 0 Å². The molecule has 4 nitrogen and oxygen atoms in total. The molecule has 0 spiro atoms. The first-order valence-electron chi connectivity index (χ1n) is 8.34. The van der Waals surface area contributed by atoms with E-state index in [1.165, 1.54) is 0 Å². The molecule has 2 atom stereocenters. The minimum Gasteiger partial charge on any atom is -0.481 e. The van der Waals surface area contributed by atoms with Crippen molar-refractivity contribution in [2.75, 3.05) is 0 Å². The van der Waals surface area contributed by atoms with Gasteiger partial charge in [0, 0.05) is 17.1 Å². The summed E-state index contributed by atoms with van der Waals surface area (Å²) >= 11 is 6.59. The van der Waals surface area contributed by atoms with Gasteiger partial charge >= 0.3 is 11.9 Å². The number of carboxylic acid groups (broad SMARTS) is 1. The van der Waals surface area contributed by atoms with Gasteiger partial charge in [-0.1, -0.05) is 0 Å². The molecule has 0 radical (unpaired) electrons. The van der Waals surface area contributed by atoms with Crippen molar-refractivity contribution in [1.82, 2.24) is 0 Å². The largest absolute Gasteiger partial charge is 0.481 e. The molecule has 2 unspecified atom stereocenters. The van der Waals surface area contributed by atoms with Crippen LogP contribution in [0.25, 0.3) is 0 Å². The molecule has 0 aromatic heterocycles. The molecular weight excluding hydrogens is 661 g/mol. The molecule has 5 rings (SSSR count). The Morgan fingerprint density at radius 1 is 1.04 bits per heavy atom. The second kappa shape index (κ2) is 6.46. The van der Waals surface area contributed by atoms with Crippen molar-refractivity contribution in [1.29, 1.82) is 0 Å². The first-order chi connectivity index (χ1) is 11.7. The Hall–Kier alpha value is 0.350. The first kappa shape index (κ1) is 18.7. The number of hydrogen-bond acceptors (Lipinski definition) is 3. The van der Waals surface area contributed by atoms with Crippen molar-refractivity contribution in [3.63, 3.8) is 0 Å². The van der Waals surface area contributed by atoms with Crippen molar-refractivity contribution < 1.29 is 19.4 Å². The van der Waals surface area contributed by atoms with Crippen LogP contribution < -0.4 is 0 Å². The summed E-state index contributed by atoms with van der Waals surface area (Å²) in [7, 11) is 0. The predicted octanol–water partition coefficient (Wildman–Crippen LogP) is 5.08. The van der Waals surface area contributed by atoms with E-state index in [9.17, 15) is 14.7 Å². The molecule has 4 bridgehead atoms. The molecule has 4 saturated carbocycles. The summed E-state index contributed by atoms with van der Waals surface area (Å²) in [6.45, 7) is 0. The predicted molar refractivity (Wildman–Crippen MR) is 117 cm³/mol. The van der Waals surface area contributed by atoms with E-state index < -0.39 is 17.0 Å². The van der Waals surface area contributed by atoms with Gasteiger partial charge in [-0.05, 0) is 124 Å². The van der Waals surface area contributed by atoms with Gasteiger partial charge in [0.15, 0.2) is 0 Å². The Labute approximate surface area is 187 Å². The highest BCUT2D eigenvalue weighted by molar-refractivity contribution is 14.1. The Balaban J connectivity index is 1.66. The van der Waals surface area contributed by atoms with E-state index in [4.69, 9.17) is 4.74 Å². The topological polar surface area (TPSA) is 63.6 Å². The number of carbonyl (C=O) groups is 2. The van der Waals surface area contributed by atoms with Gasteiger partial charge in [0.05, 0.1) is 11.0 Å². The number of halogens is 3. The molecule has 1 N–H and O–H groups in total. The van der Waals surface area contributed by atoms with Crippen LogP contribution in [0.5, 0.6) is 0 Å². The van der Waals surface area contributed by atoms with Gasteiger partial charge in [0.1, 0.15) is 5.60 Å². The van der Waals surface area contributed by atoms with Crippen molar-refractivity contribution in [3.8, 4) is 0 Å². The van der Waals surface area contributed by atoms with E-state index in [2.05, 4.69) is 67.8 Å². The molecule has 4 aliphatic carbocycles. The third-order valence-corrected chi connectivity index (χ3v) is 9.97. The van der Waals surface area contributed by atoms with Crippen molar-refractivity contribution >= 4 is 79.7 Å². The van der Waals surface area contributed by atoms with Crippen molar-refractivity contribution in [2.24, 2.45) is 17.3 Å².